The minimum Gasteiger partial charge on any atom is -0.324 e. The van der Waals surface area contributed by atoms with Gasteiger partial charge in [0.2, 0.25) is 5.91 Å². The smallest absolute Gasteiger partial charge is 0.241 e. The number of carbonyl (C=O) groups is 1. The van der Waals surface area contributed by atoms with Crippen LogP contribution in [0.3, 0.4) is 0 Å². The van der Waals surface area contributed by atoms with Gasteiger partial charge in [0.15, 0.2) is 0 Å². The lowest BCUT2D eigenvalue weighted by Crippen LogP contribution is -2.40. The average Bonchev–Trinajstić information content (AvgIpc) is 2.72. The highest BCUT2D eigenvalue weighted by molar-refractivity contribution is 8.01. The van der Waals surface area contributed by atoms with Gasteiger partial charge in [-0.25, -0.2) is 0 Å². The predicted molar refractivity (Wildman–Crippen MR) is 66.9 cm³/mol. The quantitative estimate of drug-likeness (QED) is 0.744. The lowest BCUT2D eigenvalue weighted by Gasteiger charge is -2.33. The van der Waals surface area contributed by atoms with E-state index in [2.05, 4.69) is 18.3 Å². The first-order chi connectivity index (χ1) is 7.71. The summed E-state index contributed by atoms with van der Waals surface area (Å²) in [4.78, 5) is 13.4. The van der Waals surface area contributed by atoms with Crippen molar-refractivity contribution in [2.75, 3.05) is 5.32 Å². The monoisotopic (exact) mass is 233 g/mol. The maximum absolute atomic E-state index is 12.2. The van der Waals surface area contributed by atoms with Gasteiger partial charge in [0.05, 0.1) is 10.4 Å². The normalized spacial score (nSPS) is 21.9. The van der Waals surface area contributed by atoms with Crippen LogP contribution in [0.25, 0.3) is 0 Å². The van der Waals surface area contributed by atoms with Crippen LogP contribution in [0.5, 0.6) is 0 Å². The number of nitrogens with one attached hydrogen (secondary N) is 1. The molecule has 1 amide bonds. The van der Waals surface area contributed by atoms with E-state index in [1.54, 1.807) is 11.8 Å². The van der Waals surface area contributed by atoms with Crippen molar-refractivity contribution in [2.24, 2.45) is 0 Å². The molecule has 0 bridgehead atoms. The molecule has 1 aliphatic heterocycles. The zero-order chi connectivity index (χ0) is 11.2. The Balaban J connectivity index is 2.06. The molecule has 1 aromatic rings. The summed E-state index contributed by atoms with van der Waals surface area (Å²) in [6.45, 7) is 2.12. The minimum absolute atomic E-state index is 0.168. The summed E-state index contributed by atoms with van der Waals surface area (Å²) < 4.78 is -0.168. The molecule has 0 atom stereocenters. The summed E-state index contributed by atoms with van der Waals surface area (Å²) in [5.41, 5.74) is 2.27. The van der Waals surface area contributed by atoms with Crippen LogP contribution in [-0.2, 0) is 4.79 Å². The van der Waals surface area contributed by atoms with Crippen molar-refractivity contribution in [1.29, 1.82) is 0 Å². The van der Waals surface area contributed by atoms with Gasteiger partial charge in [-0.2, -0.15) is 0 Å². The second kappa shape index (κ2) is 3.52. The van der Waals surface area contributed by atoms with Crippen LogP contribution < -0.4 is 5.32 Å². The van der Waals surface area contributed by atoms with Crippen LogP contribution in [0.1, 0.15) is 31.2 Å². The first-order valence-electron chi connectivity index (χ1n) is 5.81. The Morgan fingerprint density at radius 3 is 2.81 bits per heavy atom. The van der Waals surface area contributed by atoms with Crippen LogP contribution in [0, 0.1) is 6.92 Å². The van der Waals surface area contributed by atoms with Gasteiger partial charge in [0.25, 0.3) is 0 Å². The molecule has 1 N–H and O–H groups in total. The topological polar surface area (TPSA) is 29.1 Å². The van der Waals surface area contributed by atoms with Gasteiger partial charge in [0.1, 0.15) is 0 Å². The summed E-state index contributed by atoms with van der Waals surface area (Å²) in [6, 6.07) is 6.11. The number of hydrogen-bond acceptors (Lipinski definition) is 2. The lowest BCUT2D eigenvalue weighted by molar-refractivity contribution is -0.118. The van der Waals surface area contributed by atoms with Crippen molar-refractivity contribution in [1.82, 2.24) is 0 Å². The van der Waals surface area contributed by atoms with Crippen molar-refractivity contribution in [3.63, 3.8) is 0 Å². The molecule has 1 aromatic carbocycles. The lowest BCUT2D eigenvalue weighted by atomic mass is 10.1. The standard InChI is InChI=1S/C13H15NOS/c1-9-5-4-6-10-11(9)16-13(12(15)14-10)7-2-3-8-13/h4-6H,2-3,7-8H2,1H3,(H,14,15). The molecule has 0 radical (unpaired) electrons. The number of carbonyl (C=O) groups excluding carboxylic acids is 1. The fourth-order valence-electron chi connectivity index (χ4n) is 2.64. The van der Waals surface area contributed by atoms with Gasteiger partial charge in [0, 0.05) is 4.90 Å². The number of anilines is 1. The van der Waals surface area contributed by atoms with Gasteiger partial charge >= 0.3 is 0 Å². The fourth-order valence-corrected chi connectivity index (χ4v) is 4.12. The summed E-state index contributed by atoms with van der Waals surface area (Å²) in [5, 5.41) is 3.07. The molecule has 0 unspecified atom stereocenters. The zero-order valence-electron chi connectivity index (χ0n) is 9.38. The molecule has 1 saturated carbocycles. The molecule has 1 heterocycles. The molecular weight excluding hydrogens is 218 g/mol. The maximum atomic E-state index is 12.2. The van der Waals surface area contributed by atoms with Gasteiger partial charge in [-0.1, -0.05) is 25.0 Å². The highest BCUT2D eigenvalue weighted by Gasteiger charge is 2.45. The Hall–Kier alpha value is -0.960. The number of hydrogen-bond donors (Lipinski definition) is 1. The largest absolute Gasteiger partial charge is 0.324 e. The first kappa shape index (κ1) is 10.2. The van der Waals surface area contributed by atoms with Crippen molar-refractivity contribution in [3.8, 4) is 0 Å². The molecule has 0 saturated heterocycles. The van der Waals surface area contributed by atoms with E-state index in [9.17, 15) is 4.79 Å². The van der Waals surface area contributed by atoms with Crippen molar-refractivity contribution in [2.45, 2.75) is 42.2 Å². The zero-order valence-corrected chi connectivity index (χ0v) is 10.2. The molecule has 1 aliphatic carbocycles. The molecular formula is C13H15NOS. The number of rotatable bonds is 0. The summed E-state index contributed by atoms with van der Waals surface area (Å²) >= 11 is 1.79. The van der Waals surface area contributed by atoms with E-state index in [0.29, 0.717) is 0 Å². The molecule has 2 aliphatic rings. The van der Waals surface area contributed by atoms with E-state index < -0.39 is 0 Å². The van der Waals surface area contributed by atoms with Crippen LogP contribution in [0.4, 0.5) is 5.69 Å². The third-order valence-corrected chi connectivity index (χ3v) is 5.31. The van der Waals surface area contributed by atoms with Crippen molar-refractivity contribution < 1.29 is 4.79 Å². The van der Waals surface area contributed by atoms with Gasteiger partial charge in [-0.05, 0) is 31.4 Å². The average molecular weight is 233 g/mol. The SMILES string of the molecule is Cc1cccc2c1SC1(CCCC1)C(=O)N2. The van der Waals surface area contributed by atoms with Crippen LogP contribution in [-0.4, -0.2) is 10.7 Å². The molecule has 1 fully saturated rings. The third-order valence-electron chi connectivity index (χ3n) is 3.58. The number of amides is 1. The number of fused-ring (bicyclic) bond motifs is 1. The third kappa shape index (κ3) is 1.38. The second-order valence-corrected chi connectivity index (χ2v) is 6.10. The Kier molecular flexibility index (Phi) is 2.25. The van der Waals surface area contributed by atoms with Crippen LogP contribution in [0.2, 0.25) is 0 Å². The molecule has 3 heteroatoms. The molecule has 84 valence electrons. The Bertz CT molecular complexity index is 449. The van der Waals surface area contributed by atoms with Crippen molar-refractivity contribution >= 4 is 23.4 Å². The van der Waals surface area contributed by atoms with Crippen LogP contribution in [0.15, 0.2) is 23.1 Å². The van der Waals surface area contributed by atoms with Crippen molar-refractivity contribution in [3.05, 3.63) is 23.8 Å². The number of aryl methyl sites for hydroxylation is 1. The van der Waals surface area contributed by atoms with Gasteiger partial charge < -0.3 is 5.32 Å². The molecule has 2 nitrogen and oxygen atoms in total. The van der Waals surface area contributed by atoms with E-state index >= 15 is 0 Å². The Morgan fingerprint density at radius 2 is 2.06 bits per heavy atom. The molecule has 16 heavy (non-hydrogen) atoms. The maximum Gasteiger partial charge on any atom is 0.241 e. The highest BCUT2D eigenvalue weighted by atomic mass is 32.2. The van der Waals surface area contributed by atoms with E-state index in [1.165, 1.54) is 23.3 Å². The Morgan fingerprint density at radius 1 is 1.31 bits per heavy atom. The van der Waals surface area contributed by atoms with E-state index in [4.69, 9.17) is 0 Å². The number of benzene rings is 1. The fraction of sp³-hybridized carbons (Fsp3) is 0.462. The summed E-state index contributed by atoms with van der Waals surface area (Å²) in [7, 11) is 0. The molecule has 0 aromatic heterocycles. The van der Waals surface area contributed by atoms with E-state index in [-0.39, 0.29) is 10.7 Å². The van der Waals surface area contributed by atoms with Crippen LogP contribution >= 0.6 is 11.8 Å². The van der Waals surface area contributed by atoms with E-state index in [1.807, 2.05) is 12.1 Å². The summed E-state index contributed by atoms with van der Waals surface area (Å²) in [6.07, 6.45) is 4.41. The molecule has 1 spiro atoms. The summed E-state index contributed by atoms with van der Waals surface area (Å²) in [5.74, 6) is 0.216. The minimum atomic E-state index is -0.168. The molecule has 3 rings (SSSR count). The second-order valence-electron chi connectivity index (χ2n) is 4.71. The Labute approximate surface area is 99.8 Å². The predicted octanol–water partition coefficient (Wildman–Crippen LogP) is 3.35. The van der Waals surface area contributed by atoms with Gasteiger partial charge in [-0.3, -0.25) is 4.79 Å². The number of thioether (sulfide) groups is 1. The van der Waals surface area contributed by atoms with E-state index in [0.717, 1.165) is 18.5 Å². The van der Waals surface area contributed by atoms with Gasteiger partial charge in [-0.15, -0.1) is 11.8 Å². The first-order valence-corrected chi connectivity index (χ1v) is 6.63. The highest BCUT2D eigenvalue weighted by Crippen LogP contribution is 2.51.